The molecule has 0 aliphatic heterocycles. The lowest BCUT2D eigenvalue weighted by Gasteiger charge is -2.41. The maximum Gasteiger partial charge on any atom is 0.306 e. The molecule has 1 fully saturated rings. The lowest BCUT2D eigenvalue weighted by Crippen LogP contribution is -2.44. The number of rotatable bonds is 3. The molecule has 0 amide bonds. The van der Waals surface area contributed by atoms with E-state index in [1.165, 1.54) is 0 Å². The molecule has 0 radical (unpaired) electrons. The molecule has 0 aromatic heterocycles. The van der Waals surface area contributed by atoms with Gasteiger partial charge in [0.1, 0.15) is 5.75 Å². The molecule has 1 aliphatic carbocycles. The quantitative estimate of drug-likeness (QED) is 0.810. The first-order valence-corrected chi connectivity index (χ1v) is 5.15. The molecule has 1 aromatic rings. The Morgan fingerprint density at radius 1 is 1.50 bits per heavy atom. The molecule has 1 aromatic carbocycles. The van der Waals surface area contributed by atoms with Crippen molar-refractivity contribution in [1.29, 1.82) is 0 Å². The summed E-state index contributed by atoms with van der Waals surface area (Å²) in [4.78, 5) is 10.7. The molecule has 0 spiro atoms. The Labute approximate surface area is 93.5 Å². The minimum Gasteiger partial charge on any atom is -0.497 e. The van der Waals surface area contributed by atoms with E-state index in [-0.39, 0.29) is 12.8 Å². The molecule has 0 saturated heterocycles. The van der Waals surface area contributed by atoms with E-state index in [1.54, 1.807) is 31.4 Å². The molecular weight excluding hydrogens is 208 g/mol. The largest absolute Gasteiger partial charge is 0.497 e. The van der Waals surface area contributed by atoms with Crippen LogP contribution in [0.5, 0.6) is 5.75 Å². The predicted molar refractivity (Wildman–Crippen MR) is 57.3 cm³/mol. The van der Waals surface area contributed by atoms with Gasteiger partial charge < -0.3 is 14.9 Å². The Bertz CT molecular complexity index is 407. The standard InChI is InChI=1S/C12H14O4/c1-16-10-4-2-3-9(5-10)12(15)6-8(7-12)11(13)14/h2-5,8,15H,6-7H2,1H3,(H,13,14). The van der Waals surface area contributed by atoms with Gasteiger partial charge in [0, 0.05) is 0 Å². The first-order valence-electron chi connectivity index (χ1n) is 5.15. The van der Waals surface area contributed by atoms with Crippen LogP contribution in [-0.4, -0.2) is 23.3 Å². The molecule has 4 nitrogen and oxygen atoms in total. The van der Waals surface area contributed by atoms with Crippen LogP contribution in [0.1, 0.15) is 18.4 Å². The number of carbonyl (C=O) groups is 1. The normalized spacial score (nSPS) is 28.2. The van der Waals surface area contributed by atoms with Crippen molar-refractivity contribution in [3.8, 4) is 5.75 Å². The Morgan fingerprint density at radius 3 is 2.75 bits per heavy atom. The van der Waals surface area contributed by atoms with E-state index in [1.807, 2.05) is 0 Å². The number of carboxylic acids is 1. The summed E-state index contributed by atoms with van der Waals surface area (Å²) in [6.07, 6.45) is 0.547. The minimum atomic E-state index is -1.00. The zero-order valence-corrected chi connectivity index (χ0v) is 9.01. The van der Waals surface area contributed by atoms with Crippen LogP contribution < -0.4 is 4.74 Å². The Hall–Kier alpha value is -1.55. The molecule has 0 bridgehead atoms. The van der Waals surface area contributed by atoms with Gasteiger partial charge in [-0.05, 0) is 30.5 Å². The zero-order chi connectivity index (χ0) is 11.8. The summed E-state index contributed by atoms with van der Waals surface area (Å²) in [6.45, 7) is 0. The van der Waals surface area contributed by atoms with Crippen molar-refractivity contribution >= 4 is 5.97 Å². The second-order valence-corrected chi connectivity index (χ2v) is 4.21. The number of hydrogen-bond acceptors (Lipinski definition) is 3. The van der Waals surface area contributed by atoms with Gasteiger partial charge in [0.2, 0.25) is 0 Å². The highest BCUT2D eigenvalue weighted by molar-refractivity contribution is 5.72. The van der Waals surface area contributed by atoms with Crippen molar-refractivity contribution in [2.24, 2.45) is 5.92 Å². The van der Waals surface area contributed by atoms with Crippen LogP contribution in [0, 0.1) is 5.92 Å². The fraction of sp³-hybridized carbons (Fsp3) is 0.417. The predicted octanol–water partition coefficient (Wildman–Crippen LogP) is 1.38. The van der Waals surface area contributed by atoms with E-state index in [4.69, 9.17) is 9.84 Å². The highest BCUT2D eigenvalue weighted by Crippen LogP contribution is 2.46. The summed E-state index contributed by atoms with van der Waals surface area (Å²) in [6, 6.07) is 7.12. The molecule has 16 heavy (non-hydrogen) atoms. The van der Waals surface area contributed by atoms with Gasteiger partial charge in [0.15, 0.2) is 0 Å². The van der Waals surface area contributed by atoms with Crippen LogP contribution in [0.3, 0.4) is 0 Å². The first kappa shape index (κ1) is 11.0. The Kier molecular flexibility index (Phi) is 2.59. The zero-order valence-electron chi connectivity index (χ0n) is 9.01. The average Bonchev–Trinajstić information content (AvgIpc) is 2.24. The van der Waals surface area contributed by atoms with E-state index in [0.717, 1.165) is 5.56 Å². The van der Waals surface area contributed by atoms with Crippen molar-refractivity contribution in [2.75, 3.05) is 7.11 Å². The van der Waals surface area contributed by atoms with E-state index < -0.39 is 17.5 Å². The van der Waals surface area contributed by atoms with Crippen molar-refractivity contribution in [1.82, 2.24) is 0 Å². The molecule has 1 aliphatic rings. The third-order valence-electron chi connectivity index (χ3n) is 3.12. The molecule has 1 saturated carbocycles. The average molecular weight is 222 g/mol. The summed E-state index contributed by atoms with van der Waals surface area (Å²) in [5.41, 5.74) is -0.276. The van der Waals surface area contributed by atoms with E-state index in [2.05, 4.69) is 0 Å². The summed E-state index contributed by atoms with van der Waals surface area (Å²) >= 11 is 0. The number of carboxylic acid groups (broad SMARTS) is 1. The van der Waals surface area contributed by atoms with Crippen LogP contribution in [0.25, 0.3) is 0 Å². The molecule has 0 atom stereocenters. The molecular formula is C12H14O4. The molecule has 4 heteroatoms. The first-order chi connectivity index (χ1) is 7.55. The van der Waals surface area contributed by atoms with Gasteiger partial charge in [-0.25, -0.2) is 0 Å². The highest BCUT2D eigenvalue weighted by Gasteiger charge is 2.47. The van der Waals surface area contributed by atoms with Gasteiger partial charge in [0.25, 0.3) is 0 Å². The lowest BCUT2D eigenvalue weighted by atomic mass is 9.67. The van der Waals surface area contributed by atoms with E-state index in [9.17, 15) is 9.90 Å². The van der Waals surface area contributed by atoms with Crippen LogP contribution in [0.4, 0.5) is 0 Å². The van der Waals surface area contributed by atoms with Crippen LogP contribution in [-0.2, 0) is 10.4 Å². The molecule has 86 valence electrons. The van der Waals surface area contributed by atoms with Crippen molar-refractivity contribution in [3.05, 3.63) is 29.8 Å². The molecule has 2 rings (SSSR count). The topological polar surface area (TPSA) is 66.8 Å². The Morgan fingerprint density at radius 2 is 2.19 bits per heavy atom. The van der Waals surface area contributed by atoms with Gasteiger partial charge in [-0.15, -0.1) is 0 Å². The van der Waals surface area contributed by atoms with Crippen LogP contribution in [0.15, 0.2) is 24.3 Å². The fourth-order valence-electron chi connectivity index (χ4n) is 2.08. The summed E-state index contributed by atoms with van der Waals surface area (Å²) in [5.74, 6) is -0.603. The minimum absolute atomic E-state index is 0.273. The second-order valence-electron chi connectivity index (χ2n) is 4.21. The van der Waals surface area contributed by atoms with Crippen molar-refractivity contribution in [3.63, 3.8) is 0 Å². The number of benzene rings is 1. The molecule has 0 unspecified atom stereocenters. The number of methoxy groups -OCH3 is 1. The maximum absolute atomic E-state index is 10.7. The Balaban J connectivity index is 2.16. The van der Waals surface area contributed by atoms with Crippen molar-refractivity contribution < 1.29 is 19.7 Å². The number of aliphatic hydroxyl groups is 1. The van der Waals surface area contributed by atoms with Gasteiger partial charge in [-0.2, -0.15) is 0 Å². The summed E-state index contributed by atoms with van der Waals surface area (Å²) in [5, 5.41) is 19.0. The van der Waals surface area contributed by atoms with Gasteiger partial charge in [0.05, 0.1) is 18.6 Å². The van der Waals surface area contributed by atoms with E-state index >= 15 is 0 Å². The van der Waals surface area contributed by atoms with Crippen LogP contribution >= 0.6 is 0 Å². The van der Waals surface area contributed by atoms with E-state index in [0.29, 0.717) is 5.75 Å². The number of hydrogen-bond donors (Lipinski definition) is 2. The third kappa shape index (κ3) is 1.76. The highest BCUT2D eigenvalue weighted by atomic mass is 16.5. The molecule has 0 heterocycles. The summed E-state index contributed by atoms with van der Waals surface area (Å²) < 4.78 is 5.07. The lowest BCUT2D eigenvalue weighted by molar-refractivity contribution is -0.159. The maximum atomic E-state index is 10.7. The summed E-state index contributed by atoms with van der Waals surface area (Å²) in [7, 11) is 1.56. The second kappa shape index (κ2) is 3.79. The SMILES string of the molecule is COc1cccc(C2(O)CC(C(=O)O)C2)c1. The smallest absolute Gasteiger partial charge is 0.306 e. The molecule has 2 N–H and O–H groups in total. The van der Waals surface area contributed by atoms with Gasteiger partial charge in [-0.3, -0.25) is 4.79 Å². The van der Waals surface area contributed by atoms with Crippen molar-refractivity contribution in [2.45, 2.75) is 18.4 Å². The van der Waals surface area contributed by atoms with Crippen LogP contribution in [0.2, 0.25) is 0 Å². The monoisotopic (exact) mass is 222 g/mol. The van der Waals surface area contributed by atoms with Gasteiger partial charge in [-0.1, -0.05) is 12.1 Å². The number of aliphatic carboxylic acids is 1. The fourth-order valence-corrected chi connectivity index (χ4v) is 2.08. The third-order valence-corrected chi connectivity index (χ3v) is 3.12. The van der Waals surface area contributed by atoms with Gasteiger partial charge >= 0.3 is 5.97 Å². The number of ether oxygens (including phenoxy) is 1.